The molecule has 1 amide bonds. The summed E-state index contributed by atoms with van der Waals surface area (Å²) in [5.74, 6) is -0.0172. The van der Waals surface area contributed by atoms with Crippen LogP contribution in [0.3, 0.4) is 0 Å². The van der Waals surface area contributed by atoms with Crippen molar-refractivity contribution >= 4 is 56.8 Å². The van der Waals surface area contributed by atoms with Crippen LogP contribution in [-0.2, 0) is 17.8 Å². The predicted molar refractivity (Wildman–Crippen MR) is 134 cm³/mol. The van der Waals surface area contributed by atoms with Crippen LogP contribution in [-0.4, -0.2) is 21.2 Å². The van der Waals surface area contributed by atoms with Crippen molar-refractivity contribution in [2.24, 2.45) is 0 Å². The molecule has 3 heterocycles. The molecule has 0 saturated heterocycles. The quantitative estimate of drug-likeness (QED) is 0.247. The van der Waals surface area contributed by atoms with E-state index in [0.717, 1.165) is 27.9 Å². The van der Waals surface area contributed by atoms with E-state index in [0.29, 0.717) is 22.8 Å². The first-order valence-corrected chi connectivity index (χ1v) is 12.4. The lowest BCUT2D eigenvalue weighted by molar-refractivity contribution is -0.113. The lowest BCUT2D eigenvalue weighted by atomic mass is 10.1. The van der Waals surface area contributed by atoms with Gasteiger partial charge in [-0.05, 0) is 47.7 Å². The first-order valence-electron chi connectivity index (χ1n) is 10.6. The van der Waals surface area contributed by atoms with Gasteiger partial charge in [-0.3, -0.25) is 14.2 Å². The molecule has 5 rings (SSSR count). The van der Waals surface area contributed by atoms with Crippen molar-refractivity contribution < 1.29 is 9.21 Å². The molecule has 3 aromatic heterocycles. The Morgan fingerprint density at radius 2 is 2.03 bits per heavy atom. The number of rotatable bonds is 7. The summed E-state index contributed by atoms with van der Waals surface area (Å²) in [6.07, 6.45) is 0.899. The molecule has 0 aliphatic rings. The molecule has 0 bridgehead atoms. The Morgan fingerprint density at radius 1 is 1.15 bits per heavy atom. The van der Waals surface area contributed by atoms with Crippen LogP contribution in [0.2, 0.25) is 0 Å². The Labute approximate surface area is 198 Å². The molecule has 0 atom stereocenters. The highest BCUT2D eigenvalue weighted by atomic mass is 32.2. The smallest absolute Gasteiger partial charge is 0.298 e. The highest BCUT2D eigenvalue weighted by Crippen LogP contribution is 2.28. The van der Waals surface area contributed by atoms with Gasteiger partial charge in [0.2, 0.25) is 11.5 Å². The van der Waals surface area contributed by atoms with Crippen molar-refractivity contribution in [3.63, 3.8) is 0 Å². The average Bonchev–Trinajstić information content (AvgIpc) is 3.48. The van der Waals surface area contributed by atoms with Crippen molar-refractivity contribution in [1.82, 2.24) is 9.55 Å². The number of fused-ring (bicyclic) bond motifs is 3. The Balaban J connectivity index is 1.47. The molecule has 0 aliphatic carbocycles. The summed E-state index contributed by atoms with van der Waals surface area (Å²) in [4.78, 5) is 31.8. The molecule has 6 nitrogen and oxygen atoms in total. The molecule has 8 heteroatoms. The second-order valence-electron chi connectivity index (χ2n) is 7.53. The Hall–Kier alpha value is -3.36. The van der Waals surface area contributed by atoms with Crippen molar-refractivity contribution in [3.05, 3.63) is 86.8 Å². The lowest BCUT2D eigenvalue weighted by Gasteiger charge is -2.11. The largest absolute Gasteiger partial charge is 0.448 e. The number of furan rings is 1. The van der Waals surface area contributed by atoms with Gasteiger partial charge in [0.1, 0.15) is 11.1 Å². The Bertz CT molecular complexity index is 1500. The third kappa shape index (κ3) is 4.44. The number of carbonyl (C=O) groups excluding carboxylic acids is 1. The van der Waals surface area contributed by atoms with Crippen LogP contribution >= 0.6 is 23.1 Å². The summed E-state index contributed by atoms with van der Waals surface area (Å²) in [5, 5.41) is 6.19. The summed E-state index contributed by atoms with van der Waals surface area (Å²) in [6.45, 7) is 2.45. The minimum atomic E-state index is -0.247. The van der Waals surface area contributed by atoms with Crippen LogP contribution in [0.1, 0.15) is 17.4 Å². The maximum absolute atomic E-state index is 13.4. The van der Waals surface area contributed by atoms with Gasteiger partial charge in [-0.1, -0.05) is 49.0 Å². The number of benzene rings is 2. The first-order chi connectivity index (χ1) is 16.1. The molecule has 5 aromatic rings. The van der Waals surface area contributed by atoms with E-state index in [1.165, 1.54) is 11.8 Å². The maximum Gasteiger partial charge on any atom is 0.298 e. The molecule has 33 heavy (non-hydrogen) atoms. The number of hydrogen-bond acceptors (Lipinski definition) is 6. The van der Waals surface area contributed by atoms with E-state index < -0.39 is 0 Å². The van der Waals surface area contributed by atoms with E-state index in [-0.39, 0.29) is 22.8 Å². The van der Waals surface area contributed by atoms with Gasteiger partial charge in [-0.2, -0.15) is 0 Å². The number of aromatic nitrogens is 2. The number of thiophene rings is 1. The minimum absolute atomic E-state index is 0.133. The molecule has 1 N–H and O–H groups in total. The van der Waals surface area contributed by atoms with Crippen LogP contribution in [0.15, 0.2) is 80.4 Å². The van der Waals surface area contributed by atoms with Gasteiger partial charge in [-0.15, -0.1) is 11.3 Å². The number of thioether (sulfide) groups is 1. The standard InChI is InChI=1S/C25H21N3O3S2/c1-2-16-7-5-8-17(13-16)26-21(29)15-33-25-27-22-19-10-3-4-11-20(19)31-23(22)24(30)28(25)14-18-9-6-12-32-18/h3-13H,2,14-15H2,1H3,(H,26,29). The van der Waals surface area contributed by atoms with Crippen LogP contribution < -0.4 is 10.9 Å². The van der Waals surface area contributed by atoms with Crippen molar-refractivity contribution in [2.45, 2.75) is 25.0 Å². The zero-order valence-corrected chi connectivity index (χ0v) is 19.5. The van der Waals surface area contributed by atoms with Crippen molar-refractivity contribution in [2.75, 3.05) is 11.1 Å². The zero-order valence-electron chi connectivity index (χ0n) is 17.9. The van der Waals surface area contributed by atoms with Crippen LogP contribution in [0.4, 0.5) is 5.69 Å². The normalized spacial score (nSPS) is 11.3. The number of nitrogens with zero attached hydrogens (tertiary/aromatic N) is 2. The molecule has 0 aliphatic heterocycles. The maximum atomic E-state index is 13.4. The second-order valence-corrected chi connectivity index (χ2v) is 9.51. The highest BCUT2D eigenvalue weighted by molar-refractivity contribution is 7.99. The number of para-hydroxylation sites is 1. The monoisotopic (exact) mass is 475 g/mol. The van der Waals surface area contributed by atoms with Crippen molar-refractivity contribution in [3.8, 4) is 0 Å². The average molecular weight is 476 g/mol. The SMILES string of the molecule is CCc1cccc(NC(=O)CSc2nc3c(oc4ccccc43)c(=O)n2Cc2cccs2)c1. The first kappa shape index (κ1) is 21.5. The molecule has 0 saturated carbocycles. The predicted octanol–water partition coefficient (Wildman–Crippen LogP) is 5.55. The van der Waals surface area contributed by atoms with E-state index in [1.54, 1.807) is 15.9 Å². The Morgan fingerprint density at radius 3 is 2.85 bits per heavy atom. The minimum Gasteiger partial charge on any atom is -0.448 e. The van der Waals surface area contributed by atoms with E-state index >= 15 is 0 Å². The van der Waals surface area contributed by atoms with Crippen molar-refractivity contribution in [1.29, 1.82) is 0 Å². The third-order valence-electron chi connectivity index (χ3n) is 5.29. The van der Waals surface area contributed by atoms with Gasteiger partial charge in [-0.25, -0.2) is 4.98 Å². The van der Waals surface area contributed by atoms with Gasteiger partial charge in [0, 0.05) is 16.0 Å². The van der Waals surface area contributed by atoms with Crippen LogP contribution in [0.25, 0.3) is 22.1 Å². The van der Waals surface area contributed by atoms with E-state index in [9.17, 15) is 9.59 Å². The summed E-state index contributed by atoms with van der Waals surface area (Å²) >= 11 is 2.82. The highest BCUT2D eigenvalue weighted by Gasteiger charge is 2.19. The molecule has 2 aromatic carbocycles. The van der Waals surface area contributed by atoms with Crippen LogP contribution in [0.5, 0.6) is 0 Å². The fraction of sp³-hybridized carbons (Fsp3) is 0.160. The molecule has 0 radical (unpaired) electrons. The number of aryl methyl sites for hydroxylation is 1. The number of anilines is 1. The van der Waals surface area contributed by atoms with Gasteiger partial charge >= 0.3 is 0 Å². The van der Waals surface area contributed by atoms with Gasteiger partial charge in [0.15, 0.2) is 5.16 Å². The van der Waals surface area contributed by atoms with Gasteiger partial charge in [0.25, 0.3) is 5.56 Å². The number of carbonyl (C=O) groups is 1. The zero-order chi connectivity index (χ0) is 22.8. The molecule has 0 spiro atoms. The molecule has 0 unspecified atom stereocenters. The molecule has 166 valence electrons. The van der Waals surface area contributed by atoms with E-state index in [2.05, 4.69) is 12.2 Å². The number of hydrogen-bond donors (Lipinski definition) is 1. The molecular formula is C25H21N3O3S2. The molecule has 0 fully saturated rings. The van der Waals surface area contributed by atoms with Gasteiger partial charge < -0.3 is 9.73 Å². The summed E-state index contributed by atoms with van der Waals surface area (Å²) in [6, 6.07) is 19.2. The lowest BCUT2D eigenvalue weighted by Crippen LogP contribution is -2.24. The Kier molecular flexibility index (Phi) is 6.02. The number of amides is 1. The van der Waals surface area contributed by atoms with Gasteiger partial charge in [0.05, 0.1) is 12.3 Å². The van der Waals surface area contributed by atoms with Crippen LogP contribution in [0, 0.1) is 0 Å². The number of nitrogens with one attached hydrogen (secondary N) is 1. The summed E-state index contributed by atoms with van der Waals surface area (Å²) in [5.41, 5.74) is 3.05. The van der Waals surface area contributed by atoms with E-state index in [4.69, 9.17) is 9.40 Å². The fourth-order valence-electron chi connectivity index (χ4n) is 3.66. The summed E-state index contributed by atoms with van der Waals surface area (Å²) < 4.78 is 7.43. The fourth-order valence-corrected chi connectivity index (χ4v) is 5.14. The third-order valence-corrected chi connectivity index (χ3v) is 7.13. The second kappa shape index (κ2) is 9.25. The topological polar surface area (TPSA) is 77.1 Å². The van der Waals surface area contributed by atoms with E-state index in [1.807, 2.05) is 66.0 Å². The molecular weight excluding hydrogens is 454 g/mol. The summed E-state index contributed by atoms with van der Waals surface area (Å²) in [7, 11) is 0.